The van der Waals surface area contributed by atoms with Crippen molar-refractivity contribution in [2.75, 3.05) is 6.79 Å². The average Bonchev–Trinajstić information content (AvgIpc) is 2.64. The van der Waals surface area contributed by atoms with Gasteiger partial charge in [0.25, 0.3) is 0 Å². The Morgan fingerprint density at radius 1 is 1.33 bits per heavy atom. The molecule has 0 aliphatic carbocycles. The van der Waals surface area contributed by atoms with Crippen molar-refractivity contribution >= 4 is 0 Å². The van der Waals surface area contributed by atoms with Crippen molar-refractivity contribution in [1.29, 1.82) is 0 Å². The van der Waals surface area contributed by atoms with Gasteiger partial charge in [0.2, 0.25) is 6.79 Å². The minimum Gasteiger partial charge on any atom is -0.454 e. The van der Waals surface area contributed by atoms with E-state index in [1.165, 1.54) is 0 Å². The first kappa shape index (κ1) is 12.4. The molecule has 0 spiro atoms. The monoisotopic (exact) mass is 244 g/mol. The van der Waals surface area contributed by atoms with Gasteiger partial charge in [0, 0.05) is 24.6 Å². The molecule has 0 amide bonds. The summed E-state index contributed by atoms with van der Waals surface area (Å²) < 4.78 is 10.5. The van der Waals surface area contributed by atoms with Crippen molar-refractivity contribution in [1.82, 2.24) is 0 Å². The Hall–Kier alpha value is -0.636. The summed E-state index contributed by atoms with van der Waals surface area (Å²) in [5, 5.41) is 0. The zero-order valence-electron chi connectivity index (χ0n) is 8.77. The Balaban J connectivity index is 0.00000112. The van der Waals surface area contributed by atoms with Crippen molar-refractivity contribution in [3.05, 3.63) is 23.8 Å². The maximum absolute atomic E-state index is 6.00. The first-order chi connectivity index (χ1) is 6.81. The van der Waals surface area contributed by atoms with Crippen molar-refractivity contribution in [2.45, 2.75) is 25.8 Å². The second-order valence-electron chi connectivity index (χ2n) is 3.51. The Morgan fingerprint density at radius 3 is 2.80 bits per heavy atom. The SMILES string of the molecule is CCC[C@@H](N)c1ccc2c(c1)OCO2.[V]. The van der Waals surface area contributed by atoms with E-state index in [0.29, 0.717) is 6.79 Å². The van der Waals surface area contributed by atoms with E-state index in [4.69, 9.17) is 15.2 Å². The Bertz CT molecular complexity index is 330. The summed E-state index contributed by atoms with van der Waals surface area (Å²) in [6.45, 7) is 2.45. The van der Waals surface area contributed by atoms with Gasteiger partial charge in [0.05, 0.1) is 0 Å². The molecule has 1 aromatic rings. The summed E-state index contributed by atoms with van der Waals surface area (Å²) in [4.78, 5) is 0. The number of rotatable bonds is 3. The molecule has 0 fully saturated rings. The molecule has 0 unspecified atom stereocenters. The van der Waals surface area contributed by atoms with Crippen LogP contribution in [-0.4, -0.2) is 6.79 Å². The van der Waals surface area contributed by atoms with E-state index in [9.17, 15) is 0 Å². The molecule has 1 aliphatic rings. The zero-order chi connectivity index (χ0) is 9.97. The molecule has 4 heteroatoms. The van der Waals surface area contributed by atoms with E-state index < -0.39 is 0 Å². The third kappa shape index (κ3) is 2.68. The molecule has 81 valence electrons. The Morgan fingerprint density at radius 2 is 2.07 bits per heavy atom. The van der Waals surface area contributed by atoms with Gasteiger partial charge in [-0.25, -0.2) is 0 Å². The van der Waals surface area contributed by atoms with Gasteiger partial charge in [-0.2, -0.15) is 0 Å². The van der Waals surface area contributed by atoms with Gasteiger partial charge in [-0.15, -0.1) is 0 Å². The van der Waals surface area contributed by atoms with E-state index in [1.807, 2.05) is 18.2 Å². The van der Waals surface area contributed by atoms with Crippen LogP contribution in [0.2, 0.25) is 0 Å². The van der Waals surface area contributed by atoms with Gasteiger partial charge >= 0.3 is 0 Å². The summed E-state index contributed by atoms with van der Waals surface area (Å²) >= 11 is 0. The Labute approximate surface area is 102 Å². The number of hydrogen-bond acceptors (Lipinski definition) is 3. The maximum Gasteiger partial charge on any atom is 0.231 e. The predicted octanol–water partition coefficient (Wildman–Crippen LogP) is 2.21. The molecule has 1 aromatic carbocycles. The number of fused-ring (bicyclic) bond motifs is 1. The predicted molar refractivity (Wildman–Crippen MR) is 54.4 cm³/mol. The number of hydrogen-bond donors (Lipinski definition) is 1. The smallest absolute Gasteiger partial charge is 0.231 e. The van der Waals surface area contributed by atoms with E-state index >= 15 is 0 Å². The van der Waals surface area contributed by atoms with Gasteiger partial charge < -0.3 is 15.2 Å². The molecule has 15 heavy (non-hydrogen) atoms. The molecule has 1 aliphatic heterocycles. The molecule has 1 heterocycles. The van der Waals surface area contributed by atoms with E-state index in [-0.39, 0.29) is 24.6 Å². The van der Waals surface area contributed by atoms with Crippen molar-refractivity contribution < 1.29 is 28.0 Å². The van der Waals surface area contributed by atoms with E-state index in [0.717, 1.165) is 29.9 Å². The molecule has 0 bridgehead atoms. The summed E-state index contributed by atoms with van der Waals surface area (Å²) in [6, 6.07) is 6.01. The molecule has 0 saturated carbocycles. The summed E-state index contributed by atoms with van der Waals surface area (Å²) in [5.41, 5.74) is 7.12. The van der Waals surface area contributed by atoms with Crippen LogP contribution >= 0.6 is 0 Å². The van der Waals surface area contributed by atoms with Crippen molar-refractivity contribution in [3.63, 3.8) is 0 Å². The summed E-state index contributed by atoms with van der Waals surface area (Å²) in [7, 11) is 0. The van der Waals surface area contributed by atoms with Crippen LogP contribution in [0.1, 0.15) is 31.4 Å². The van der Waals surface area contributed by atoms with Gasteiger partial charge in [-0.1, -0.05) is 19.4 Å². The molecule has 1 atom stereocenters. The Kier molecular flexibility index (Phi) is 4.52. The molecular formula is C11H15NO2V. The van der Waals surface area contributed by atoms with Crippen LogP contribution in [0.5, 0.6) is 11.5 Å². The topological polar surface area (TPSA) is 44.5 Å². The van der Waals surface area contributed by atoms with Crippen LogP contribution in [0.3, 0.4) is 0 Å². The second-order valence-corrected chi connectivity index (χ2v) is 3.51. The third-order valence-corrected chi connectivity index (χ3v) is 2.42. The van der Waals surface area contributed by atoms with Crippen LogP contribution in [0.15, 0.2) is 18.2 Å². The second kappa shape index (κ2) is 5.45. The van der Waals surface area contributed by atoms with Crippen molar-refractivity contribution in [2.24, 2.45) is 5.73 Å². The van der Waals surface area contributed by atoms with Gasteiger partial charge in [0.15, 0.2) is 11.5 Å². The minimum atomic E-state index is 0. The standard InChI is InChI=1S/C11H15NO2.V/c1-2-3-9(12)8-4-5-10-11(6-8)14-7-13-10;/h4-6,9H,2-3,7,12H2,1H3;/t9-;/m1./s1. The van der Waals surface area contributed by atoms with E-state index in [2.05, 4.69) is 6.92 Å². The largest absolute Gasteiger partial charge is 0.454 e. The average molecular weight is 244 g/mol. The molecule has 0 saturated heterocycles. The first-order valence-electron chi connectivity index (χ1n) is 4.96. The fraction of sp³-hybridized carbons (Fsp3) is 0.455. The van der Waals surface area contributed by atoms with E-state index in [1.54, 1.807) is 0 Å². The molecule has 3 nitrogen and oxygen atoms in total. The van der Waals surface area contributed by atoms with Gasteiger partial charge in [0.1, 0.15) is 0 Å². The molecule has 2 N–H and O–H groups in total. The summed E-state index contributed by atoms with van der Waals surface area (Å²) in [6.07, 6.45) is 2.09. The molecule has 0 aromatic heterocycles. The van der Waals surface area contributed by atoms with Crippen LogP contribution in [0.25, 0.3) is 0 Å². The quantitative estimate of drug-likeness (QED) is 0.886. The zero-order valence-corrected chi connectivity index (χ0v) is 10.2. The van der Waals surface area contributed by atoms with Crippen LogP contribution in [0, 0.1) is 0 Å². The van der Waals surface area contributed by atoms with Gasteiger partial charge in [-0.05, 0) is 24.1 Å². The molecule has 2 rings (SSSR count). The fourth-order valence-corrected chi connectivity index (χ4v) is 1.62. The molecular weight excluding hydrogens is 229 g/mol. The first-order valence-corrected chi connectivity index (χ1v) is 4.96. The van der Waals surface area contributed by atoms with Crippen LogP contribution in [-0.2, 0) is 18.6 Å². The van der Waals surface area contributed by atoms with Crippen molar-refractivity contribution in [3.8, 4) is 11.5 Å². The van der Waals surface area contributed by atoms with Gasteiger partial charge in [-0.3, -0.25) is 0 Å². The number of benzene rings is 1. The number of ether oxygens (including phenoxy) is 2. The molecule has 1 radical (unpaired) electrons. The normalized spacial score (nSPS) is 14.5. The minimum absolute atomic E-state index is 0. The maximum atomic E-state index is 6.00. The van der Waals surface area contributed by atoms with Crippen LogP contribution in [0.4, 0.5) is 0 Å². The fourth-order valence-electron chi connectivity index (χ4n) is 1.62. The number of nitrogens with two attached hydrogens (primary N) is 1. The summed E-state index contributed by atoms with van der Waals surface area (Å²) in [5.74, 6) is 1.63. The third-order valence-electron chi connectivity index (χ3n) is 2.42. The van der Waals surface area contributed by atoms with Crippen LogP contribution < -0.4 is 15.2 Å².